The highest BCUT2D eigenvalue weighted by atomic mass is 32.2. The number of nitrogens with zero attached hydrogens (tertiary/aromatic N) is 2. The van der Waals surface area contributed by atoms with Crippen molar-refractivity contribution in [2.75, 3.05) is 24.4 Å². The largest absolute Gasteiger partial charge is 0.573 e. The normalized spacial score (nSPS) is 13.9. The van der Waals surface area contributed by atoms with Crippen LogP contribution in [-0.2, 0) is 17.7 Å². The Bertz CT molecular complexity index is 1090. The summed E-state index contributed by atoms with van der Waals surface area (Å²) >= 11 is -0.761. The predicted molar refractivity (Wildman–Crippen MR) is 128 cm³/mol. The summed E-state index contributed by atoms with van der Waals surface area (Å²) in [7, 11) is 1.95. The minimum Gasteiger partial charge on any atom is -0.406 e. The van der Waals surface area contributed by atoms with Crippen molar-refractivity contribution in [3.63, 3.8) is 0 Å². The van der Waals surface area contributed by atoms with E-state index in [1.165, 1.54) is 27.8 Å². The van der Waals surface area contributed by atoms with Crippen molar-refractivity contribution < 1.29 is 26.7 Å². The van der Waals surface area contributed by atoms with E-state index in [1.54, 1.807) is 12.1 Å². The highest BCUT2D eigenvalue weighted by Gasteiger charge is 2.31. The van der Waals surface area contributed by atoms with Gasteiger partial charge < -0.3 is 9.64 Å². The molecule has 0 spiro atoms. The fourth-order valence-electron chi connectivity index (χ4n) is 3.80. The Morgan fingerprint density at radius 3 is 2.39 bits per heavy atom. The van der Waals surface area contributed by atoms with Gasteiger partial charge in [-0.2, -0.15) is 0 Å². The highest BCUT2D eigenvalue weighted by Crippen LogP contribution is 2.38. The molecule has 2 aromatic carbocycles. The van der Waals surface area contributed by atoms with Gasteiger partial charge in [0.15, 0.2) is 0 Å². The number of halogens is 3. The molecule has 0 bridgehead atoms. The Morgan fingerprint density at radius 2 is 1.82 bits per heavy atom. The second-order valence-electron chi connectivity index (χ2n) is 7.85. The number of anilines is 1. The lowest BCUT2D eigenvalue weighted by Gasteiger charge is -2.32. The first-order valence-corrected chi connectivity index (χ1v) is 12.4. The molecule has 0 radical (unpaired) electrons. The van der Waals surface area contributed by atoms with E-state index in [-0.39, 0.29) is 18.3 Å². The van der Waals surface area contributed by atoms with Crippen LogP contribution in [0.5, 0.6) is 5.75 Å². The quantitative estimate of drug-likeness (QED) is 0.347. The van der Waals surface area contributed by atoms with Gasteiger partial charge in [-0.25, -0.2) is 4.21 Å². The molecule has 10 heteroatoms. The third kappa shape index (κ3) is 6.69. The van der Waals surface area contributed by atoms with E-state index < -0.39 is 17.6 Å². The summed E-state index contributed by atoms with van der Waals surface area (Å²) in [6.07, 6.45) is -3.34. The number of hydrogen-bond donors (Lipinski definition) is 1. The predicted octanol–water partition coefficient (Wildman–Crippen LogP) is 6.00. The molecule has 0 saturated heterocycles. The smallest absolute Gasteiger partial charge is 0.406 e. The SMILES string of the molecule is CCCN(C)C(Cc1ccc(OC(F)(F)F)cc1)CN(c1sc2ccccc2c1C)S(=O)O. The Kier molecular flexibility index (Phi) is 8.38. The molecule has 180 valence electrons. The van der Waals surface area contributed by atoms with Crippen LogP contribution in [0.25, 0.3) is 10.1 Å². The van der Waals surface area contributed by atoms with Gasteiger partial charge in [0.05, 0.1) is 6.54 Å². The lowest BCUT2D eigenvalue weighted by molar-refractivity contribution is -0.274. The molecule has 0 aliphatic carbocycles. The van der Waals surface area contributed by atoms with Gasteiger partial charge in [0.25, 0.3) is 11.3 Å². The van der Waals surface area contributed by atoms with E-state index in [1.807, 2.05) is 38.2 Å². The van der Waals surface area contributed by atoms with E-state index >= 15 is 0 Å². The van der Waals surface area contributed by atoms with E-state index in [0.29, 0.717) is 6.42 Å². The van der Waals surface area contributed by atoms with Crippen molar-refractivity contribution in [1.29, 1.82) is 0 Å². The molecule has 0 amide bonds. The molecule has 33 heavy (non-hydrogen) atoms. The lowest BCUT2D eigenvalue weighted by Crippen LogP contribution is -2.44. The van der Waals surface area contributed by atoms with Crippen LogP contribution >= 0.6 is 11.3 Å². The van der Waals surface area contributed by atoms with Crippen LogP contribution in [0, 0.1) is 6.92 Å². The molecule has 0 fully saturated rings. The van der Waals surface area contributed by atoms with Crippen LogP contribution in [0.1, 0.15) is 24.5 Å². The van der Waals surface area contributed by atoms with E-state index in [0.717, 1.165) is 39.2 Å². The molecule has 1 heterocycles. The number of benzene rings is 2. The van der Waals surface area contributed by atoms with E-state index in [4.69, 9.17) is 0 Å². The molecule has 3 rings (SSSR count). The summed E-state index contributed by atoms with van der Waals surface area (Å²) in [5, 5.41) is 1.78. The molecular weight excluding hydrogens is 473 g/mol. The van der Waals surface area contributed by atoms with Crippen molar-refractivity contribution in [2.45, 2.75) is 39.1 Å². The van der Waals surface area contributed by atoms with Gasteiger partial charge >= 0.3 is 6.36 Å². The number of ether oxygens (including phenoxy) is 1. The fourth-order valence-corrected chi connectivity index (χ4v) is 5.81. The molecule has 2 atom stereocenters. The third-order valence-electron chi connectivity index (χ3n) is 5.44. The number of fused-ring (bicyclic) bond motifs is 1. The minimum atomic E-state index is -4.74. The first-order chi connectivity index (χ1) is 15.6. The Balaban J connectivity index is 1.86. The van der Waals surface area contributed by atoms with Crippen LogP contribution in [-0.4, -0.2) is 46.2 Å². The van der Waals surface area contributed by atoms with Gasteiger partial charge in [0.1, 0.15) is 10.8 Å². The van der Waals surface area contributed by atoms with Crippen molar-refractivity contribution in [3.8, 4) is 5.75 Å². The maximum Gasteiger partial charge on any atom is 0.573 e. The van der Waals surface area contributed by atoms with Crippen molar-refractivity contribution >= 4 is 37.7 Å². The molecule has 3 aromatic rings. The summed E-state index contributed by atoms with van der Waals surface area (Å²) in [6.45, 7) is 5.05. The van der Waals surface area contributed by atoms with E-state index in [9.17, 15) is 21.9 Å². The summed E-state index contributed by atoms with van der Waals surface area (Å²) < 4.78 is 66.4. The molecule has 5 nitrogen and oxygen atoms in total. The summed E-state index contributed by atoms with van der Waals surface area (Å²) in [5.41, 5.74) is 1.76. The van der Waals surface area contributed by atoms with Gasteiger partial charge in [-0.3, -0.25) is 8.86 Å². The van der Waals surface area contributed by atoms with E-state index in [2.05, 4.69) is 16.6 Å². The molecule has 2 unspecified atom stereocenters. The number of rotatable bonds is 10. The average molecular weight is 501 g/mol. The number of hydrogen-bond acceptors (Lipinski definition) is 4. The van der Waals surface area contributed by atoms with Crippen LogP contribution in [0.2, 0.25) is 0 Å². The average Bonchev–Trinajstić information content (AvgIpc) is 3.07. The van der Waals surface area contributed by atoms with Crippen molar-refractivity contribution in [2.24, 2.45) is 0 Å². The number of alkyl halides is 3. The van der Waals surface area contributed by atoms with Crippen LogP contribution < -0.4 is 9.04 Å². The Morgan fingerprint density at radius 1 is 1.15 bits per heavy atom. The minimum absolute atomic E-state index is 0.139. The molecule has 0 saturated carbocycles. The van der Waals surface area contributed by atoms with Gasteiger partial charge in [-0.05, 0) is 68.1 Å². The first kappa shape index (κ1) is 25.5. The number of thiophene rings is 1. The third-order valence-corrected chi connectivity index (χ3v) is 7.56. The highest BCUT2D eigenvalue weighted by molar-refractivity contribution is 7.81. The number of likely N-dealkylation sites (N-methyl/N-ethyl adjacent to an activating group) is 1. The number of aryl methyl sites for hydroxylation is 1. The fraction of sp³-hybridized carbons (Fsp3) is 0.391. The van der Waals surface area contributed by atoms with Gasteiger partial charge in [0, 0.05) is 10.7 Å². The van der Waals surface area contributed by atoms with Crippen molar-refractivity contribution in [3.05, 3.63) is 59.7 Å². The maximum atomic E-state index is 12.4. The molecular formula is C23H27F3N2O3S2. The second kappa shape index (κ2) is 10.9. The zero-order valence-corrected chi connectivity index (χ0v) is 20.3. The maximum absolute atomic E-state index is 12.4. The standard InChI is InChI=1S/C23H27F3N2O3S2/c1-4-13-27(3)18(14-17-9-11-19(12-10-17)31-23(24,25)26)15-28(33(29)30)22-16(2)20-7-5-6-8-21(20)32-22/h5-12,18H,4,13-15H2,1-3H3,(H,29,30). The van der Waals surface area contributed by atoms with Gasteiger partial charge in [-0.1, -0.05) is 37.3 Å². The monoisotopic (exact) mass is 500 g/mol. The van der Waals surface area contributed by atoms with Crippen LogP contribution in [0.15, 0.2) is 48.5 Å². The summed E-state index contributed by atoms with van der Waals surface area (Å²) in [4.78, 5) is 2.11. The molecule has 1 aromatic heterocycles. The first-order valence-electron chi connectivity index (χ1n) is 10.5. The second-order valence-corrected chi connectivity index (χ2v) is 9.78. The lowest BCUT2D eigenvalue weighted by atomic mass is 10.0. The van der Waals surface area contributed by atoms with Crippen molar-refractivity contribution in [1.82, 2.24) is 4.90 Å². The Hall–Kier alpha value is -2.14. The zero-order valence-electron chi connectivity index (χ0n) is 18.6. The zero-order chi connectivity index (χ0) is 24.2. The van der Waals surface area contributed by atoms with Gasteiger partial charge in [0.2, 0.25) is 0 Å². The van der Waals surface area contributed by atoms with Gasteiger partial charge in [-0.15, -0.1) is 24.5 Å². The summed E-state index contributed by atoms with van der Waals surface area (Å²) in [6, 6.07) is 13.5. The topological polar surface area (TPSA) is 53.0 Å². The van der Waals surface area contributed by atoms with Crippen LogP contribution in [0.3, 0.4) is 0 Å². The van der Waals surface area contributed by atoms with Crippen LogP contribution in [0.4, 0.5) is 18.2 Å². The summed E-state index contributed by atoms with van der Waals surface area (Å²) in [5.74, 6) is -0.274. The molecule has 0 aliphatic heterocycles. The molecule has 1 N–H and O–H groups in total. The molecule has 0 aliphatic rings. The Labute approximate surface area is 198 Å².